The van der Waals surface area contributed by atoms with Crippen LogP contribution in [0.25, 0.3) is 0 Å². The van der Waals surface area contributed by atoms with E-state index in [9.17, 15) is 14.4 Å². The molecule has 0 aliphatic carbocycles. The number of rotatable bonds is 2. The first kappa shape index (κ1) is 9.05. The van der Waals surface area contributed by atoms with Gasteiger partial charge in [0.25, 0.3) is 5.24 Å². The Morgan fingerprint density at radius 3 is 2.83 bits per heavy atom. The minimum absolute atomic E-state index is 0.216. The van der Waals surface area contributed by atoms with Crippen LogP contribution in [0.15, 0.2) is 0 Å². The van der Waals surface area contributed by atoms with E-state index in [1.54, 1.807) is 0 Å². The number of amides is 2. The number of hydrogen-bond acceptors (Lipinski definition) is 4. The molecule has 12 heavy (non-hydrogen) atoms. The fraction of sp³-hybridized carbons (Fsp3) is 0.500. The number of nitrogens with one attached hydrogen (secondary N) is 1. The van der Waals surface area contributed by atoms with Gasteiger partial charge in [-0.3, -0.25) is 19.7 Å². The van der Waals surface area contributed by atoms with E-state index in [0.29, 0.717) is 0 Å². The maximum Gasteiger partial charge on any atom is 0.304 e. The minimum Gasteiger partial charge on any atom is -0.481 e. The lowest BCUT2D eigenvalue weighted by molar-refractivity contribution is -0.140. The predicted molar refractivity (Wildman–Crippen MR) is 41.7 cm³/mol. The summed E-state index contributed by atoms with van der Waals surface area (Å²) in [4.78, 5) is 31.7. The van der Waals surface area contributed by atoms with Gasteiger partial charge < -0.3 is 5.11 Å². The van der Waals surface area contributed by atoms with Gasteiger partial charge in [-0.15, -0.1) is 0 Å². The van der Waals surface area contributed by atoms with Crippen molar-refractivity contribution in [2.75, 3.05) is 5.75 Å². The number of carboxylic acid groups (broad SMARTS) is 1. The lowest BCUT2D eigenvalue weighted by Crippen LogP contribution is -2.40. The quantitative estimate of drug-likeness (QED) is 0.641. The monoisotopic (exact) mass is 189 g/mol. The van der Waals surface area contributed by atoms with Crippen molar-refractivity contribution in [1.82, 2.24) is 5.32 Å². The Balaban J connectivity index is 2.51. The van der Waals surface area contributed by atoms with Gasteiger partial charge in [-0.2, -0.15) is 0 Å². The fourth-order valence-corrected chi connectivity index (χ4v) is 1.65. The van der Waals surface area contributed by atoms with E-state index in [1.165, 1.54) is 0 Å². The molecule has 0 radical (unpaired) electrons. The van der Waals surface area contributed by atoms with Crippen LogP contribution >= 0.6 is 11.8 Å². The molecule has 0 spiro atoms. The summed E-state index contributed by atoms with van der Waals surface area (Å²) in [5, 5.41) is 10.0. The third-order valence-electron chi connectivity index (χ3n) is 1.43. The van der Waals surface area contributed by atoms with Gasteiger partial charge in [-0.1, -0.05) is 11.8 Å². The summed E-state index contributed by atoms with van der Waals surface area (Å²) >= 11 is 0.938. The first-order valence-electron chi connectivity index (χ1n) is 3.29. The maximum absolute atomic E-state index is 10.9. The van der Waals surface area contributed by atoms with Crippen molar-refractivity contribution >= 4 is 28.9 Å². The molecular weight excluding hydrogens is 182 g/mol. The molecule has 1 atom stereocenters. The summed E-state index contributed by atoms with van der Waals surface area (Å²) in [5.41, 5.74) is 0. The molecule has 0 aromatic carbocycles. The van der Waals surface area contributed by atoms with Crippen LogP contribution in [0.3, 0.4) is 0 Å². The normalized spacial score (nSPS) is 23.5. The molecule has 0 bridgehead atoms. The third-order valence-corrected chi connectivity index (χ3v) is 2.37. The molecule has 0 saturated carbocycles. The molecule has 0 aromatic heterocycles. The first-order chi connectivity index (χ1) is 5.59. The van der Waals surface area contributed by atoms with E-state index in [1.807, 2.05) is 0 Å². The summed E-state index contributed by atoms with van der Waals surface area (Å²) < 4.78 is 0. The van der Waals surface area contributed by atoms with Gasteiger partial charge in [0.2, 0.25) is 5.91 Å². The zero-order valence-electron chi connectivity index (χ0n) is 6.07. The van der Waals surface area contributed by atoms with Gasteiger partial charge in [0.1, 0.15) is 0 Å². The number of carbonyl (C=O) groups is 3. The van der Waals surface area contributed by atoms with Gasteiger partial charge in [0.05, 0.1) is 12.3 Å². The summed E-state index contributed by atoms with van der Waals surface area (Å²) in [5.74, 6) is -1.83. The molecule has 1 heterocycles. The SMILES string of the molecule is O=C(O)CC1CSC(=O)NC1=O. The second-order valence-electron chi connectivity index (χ2n) is 2.38. The van der Waals surface area contributed by atoms with E-state index in [0.717, 1.165) is 11.8 Å². The van der Waals surface area contributed by atoms with Crippen molar-refractivity contribution in [3.8, 4) is 0 Å². The van der Waals surface area contributed by atoms with Gasteiger partial charge >= 0.3 is 5.97 Å². The number of carboxylic acids is 1. The Hall–Kier alpha value is -1.04. The van der Waals surface area contributed by atoms with Crippen LogP contribution in [-0.4, -0.2) is 28.0 Å². The summed E-state index contributed by atoms with van der Waals surface area (Å²) in [7, 11) is 0. The van der Waals surface area contributed by atoms with Crippen LogP contribution in [0, 0.1) is 5.92 Å². The molecule has 2 amide bonds. The van der Waals surface area contributed by atoms with E-state index >= 15 is 0 Å². The van der Waals surface area contributed by atoms with Crippen LogP contribution < -0.4 is 5.32 Å². The number of hydrogen-bond donors (Lipinski definition) is 2. The number of carbonyl (C=O) groups excluding carboxylic acids is 2. The molecule has 1 aliphatic heterocycles. The van der Waals surface area contributed by atoms with Crippen molar-refractivity contribution in [3.63, 3.8) is 0 Å². The van der Waals surface area contributed by atoms with E-state index in [4.69, 9.17) is 5.11 Å². The maximum atomic E-state index is 10.9. The molecular formula is C6H7NO4S. The van der Waals surface area contributed by atoms with E-state index < -0.39 is 23.0 Å². The second-order valence-corrected chi connectivity index (χ2v) is 3.38. The topological polar surface area (TPSA) is 83.5 Å². The molecule has 1 aliphatic rings. The van der Waals surface area contributed by atoms with Crippen molar-refractivity contribution in [2.24, 2.45) is 5.92 Å². The molecule has 1 saturated heterocycles. The van der Waals surface area contributed by atoms with E-state index in [-0.39, 0.29) is 12.2 Å². The minimum atomic E-state index is -1.02. The highest BCUT2D eigenvalue weighted by Crippen LogP contribution is 2.18. The molecule has 1 unspecified atom stereocenters. The van der Waals surface area contributed by atoms with Crippen LogP contribution in [-0.2, 0) is 9.59 Å². The Bertz CT molecular complexity index is 240. The Labute approximate surface area is 72.5 Å². The Morgan fingerprint density at radius 1 is 1.67 bits per heavy atom. The van der Waals surface area contributed by atoms with Gasteiger partial charge in [0, 0.05) is 5.75 Å². The molecule has 2 N–H and O–H groups in total. The smallest absolute Gasteiger partial charge is 0.304 e. The Kier molecular flexibility index (Phi) is 2.69. The van der Waals surface area contributed by atoms with Crippen molar-refractivity contribution in [2.45, 2.75) is 6.42 Å². The highest BCUT2D eigenvalue weighted by molar-refractivity contribution is 8.13. The van der Waals surface area contributed by atoms with Gasteiger partial charge in [-0.25, -0.2) is 0 Å². The third kappa shape index (κ3) is 2.23. The van der Waals surface area contributed by atoms with Crippen LogP contribution in [0.5, 0.6) is 0 Å². The lowest BCUT2D eigenvalue weighted by atomic mass is 10.1. The summed E-state index contributed by atoms with van der Waals surface area (Å²) in [6.07, 6.45) is -0.216. The molecule has 5 nitrogen and oxygen atoms in total. The molecule has 6 heteroatoms. The zero-order valence-corrected chi connectivity index (χ0v) is 6.89. The van der Waals surface area contributed by atoms with Crippen LogP contribution in [0.4, 0.5) is 4.79 Å². The van der Waals surface area contributed by atoms with Gasteiger partial charge in [0.15, 0.2) is 0 Å². The number of thioether (sulfide) groups is 1. The highest BCUT2D eigenvalue weighted by Gasteiger charge is 2.28. The van der Waals surface area contributed by atoms with Crippen molar-refractivity contribution in [3.05, 3.63) is 0 Å². The molecule has 1 rings (SSSR count). The van der Waals surface area contributed by atoms with Gasteiger partial charge in [-0.05, 0) is 0 Å². The fourth-order valence-electron chi connectivity index (χ4n) is 0.853. The average molecular weight is 189 g/mol. The average Bonchev–Trinajstić information content (AvgIpc) is 1.94. The van der Waals surface area contributed by atoms with Crippen molar-refractivity contribution in [1.29, 1.82) is 0 Å². The van der Waals surface area contributed by atoms with E-state index in [2.05, 4.69) is 5.32 Å². The zero-order chi connectivity index (χ0) is 9.14. The Morgan fingerprint density at radius 2 is 2.33 bits per heavy atom. The standard InChI is InChI=1S/C6H7NO4S/c8-4(9)1-3-2-12-6(11)7-5(3)10/h3H,1-2H2,(H,8,9)(H,7,10,11). The predicted octanol–water partition coefficient (Wildman–Crippen LogP) is 0.0603. The lowest BCUT2D eigenvalue weighted by Gasteiger charge is -2.17. The summed E-state index contributed by atoms with van der Waals surface area (Å²) in [6.45, 7) is 0. The number of aliphatic carboxylic acids is 1. The second kappa shape index (κ2) is 3.57. The largest absolute Gasteiger partial charge is 0.481 e. The molecule has 1 fully saturated rings. The highest BCUT2D eigenvalue weighted by atomic mass is 32.2. The molecule has 66 valence electrons. The van der Waals surface area contributed by atoms with Crippen molar-refractivity contribution < 1.29 is 19.5 Å². The number of imide groups is 1. The molecule has 0 aromatic rings. The summed E-state index contributed by atoms with van der Waals surface area (Å²) in [6, 6.07) is 0. The first-order valence-corrected chi connectivity index (χ1v) is 4.27. The van der Waals surface area contributed by atoms with Crippen LogP contribution in [0.2, 0.25) is 0 Å². The van der Waals surface area contributed by atoms with Crippen LogP contribution in [0.1, 0.15) is 6.42 Å².